The summed E-state index contributed by atoms with van der Waals surface area (Å²) in [4.78, 5) is 5.02. The zero-order chi connectivity index (χ0) is 12.0. The van der Waals surface area contributed by atoms with E-state index in [-0.39, 0.29) is 0 Å². The summed E-state index contributed by atoms with van der Waals surface area (Å²) in [5.41, 5.74) is 4.68. The van der Waals surface area contributed by atoms with E-state index >= 15 is 0 Å². The second kappa shape index (κ2) is 4.16. The molecule has 1 heteroatoms. The first kappa shape index (κ1) is 11.3. The molecule has 0 saturated heterocycles. The summed E-state index contributed by atoms with van der Waals surface area (Å²) < 4.78 is 0.803. The van der Waals surface area contributed by atoms with Gasteiger partial charge in [0.25, 0.3) is 0 Å². The summed E-state index contributed by atoms with van der Waals surface area (Å²) in [5, 5.41) is 2.80. The molecule has 0 nitrogen and oxygen atoms in total. The molecule has 0 amide bonds. The first-order valence-corrected chi connectivity index (χ1v) is 13.5. The molecule has 0 bridgehead atoms. The van der Waals surface area contributed by atoms with Crippen molar-refractivity contribution in [2.75, 3.05) is 0 Å². The Kier molecular flexibility index (Phi) is 2.78. The average molecular weight is 328 g/mol. The van der Waals surface area contributed by atoms with Crippen LogP contribution in [0.5, 0.6) is 0 Å². The van der Waals surface area contributed by atoms with Crippen molar-refractivity contribution in [1.82, 2.24) is 0 Å². The van der Waals surface area contributed by atoms with Crippen molar-refractivity contribution in [3.8, 4) is 0 Å². The quantitative estimate of drug-likeness (QED) is 0.670. The molecule has 0 N–H and O–H groups in total. The first-order valence-electron chi connectivity index (χ1n) is 6.18. The van der Waals surface area contributed by atoms with Crippen LogP contribution >= 0.6 is 0 Å². The van der Waals surface area contributed by atoms with Gasteiger partial charge in [0.15, 0.2) is 0 Å². The molecule has 0 fully saturated rings. The van der Waals surface area contributed by atoms with Crippen molar-refractivity contribution in [3.05, 3.63) is 53.1 Å². The standard InChI is InChI=1S/C14H11.2CH3.Sn/c1-10-8-12-7-6-11-4-2-3-5-13(11)14(12)9-10;;;/h2-9H,1H3;2*1H3;. The first-order chi connectivity index (χ1) is 8.18. The van der Waals surface area contributed by atoms with E-state index in [0.29, 0.717) is 0 Å². The van der Waals surface area contributed by atoms with Crippen LogP contribution in [0.4, 0.5) is 0 Å². The summed E-state index contributed by atoms with van der Waals surface area (Å²) in [6, 6.07) is 13.4. The van der Waals surface area contributed by atoms with E-state index in [2.05, 4.69) is 59.3 Å². The third-order valence-electron chi connectivity index (χ3n) is 3.72. The van der Waals surface area contributed by atoms with Gasteiger partial charge in [0, 0.05) is 0 Å². The second-order valence-corrected chi connectivity index (χ2v) is 13.0. The Morgan fingerprint density at radius 3 is 2.53 bits per heavy atom. The Bertz CT molecular complexity index is 608. The molecule has 85 valence electrons. The maximum absolute atomic E-state index is 2.51. The van der Waals surface area contributed by atoms with E-state index in [4.69, 9.17) is 0 Å². The Morgan fingerprint density at radius 1 is 1.00 bits per heavy atom. The Labute approximate surface area is 110 Å². The van der Waals surface area contributed by atoms with Gasteiger partial charge in [0.05, 0.1) is 0 Å². The van der Waals surface area contributed by atoms with Crippen LogP contribution in [0.2, 0.25) is 9.88 Å². The molecule has 1 aliphatic carbocycles. The van der Waals surface area contributed by atoms with Crippen LogP contribution in [-0.4, -0.2) is 19.8 Å². The molecule has 1 aliphatic rings. The molecule has 1 unspecified atom stereocenters. The number of rotatable bonds is 1. The molecule has 1 atom stereocenters. The topological polar surface area (TPSA) is 0 Å². The van der Waals surface area contributed by atoms with Crippen molar-refractivity contribution in [3.63, 3.8) is 0 Å². The van der Waals surface area contributed by atoms with Gasteiger partial charge in [-0.3, -0.25) is 0 Å². The molecule has 0 aliphatic heterocycles. The third-order valence-corrected chi connectivity index (χ3v) is 9.20. The molecule has 2 aromatic rings. The van der Waals surface area contributed by atoms with Gasteiger partial charge in [0.2, 0.25) is 0 Å². The second-order valence-electron chi connectivity index (χ2n) is 5.19. The summed E-state index contributed by atoms with van der Waals surface area (Å²) in [6.07, 6.45) is 2.43. The summed E-state index contributed by atoms with van der Waals surface area (Å²) >= 11 is -1.22. The van der Waals surface area contributed by atoms with E-state index in [1.807, 2.05) is 0 Å². The van der Waals surface area contributed by atoms with Crippen LogP contribution in [-0.2, 0) is 0 Å². The van der Waals surface area contributed by atoms with E-state index < -0.39 is 19.8 Å². The molecule has 0 aromatic heterocycles. The molecule has 3 rings (SSSR count). The number of hydrogen-bond donors (Lipinski definition) is 0. The van der Waals surface area contributed by atoms with E-state index in [0.717, 1.165) is 3.93 Å². The Hall–Kier alpha value is -0.761. The molecular weight excluding hydrogens is 311 g/mol. The third kappa shape index (κ3) is 1.73. The SMILES string of the molecule is CC1=Cc2c(ccc3ccccc23)[CH]1[Sn]([CH3])[CH3]. The van der Waals surface area contributed by atoms with Crippen LogP contribution in [0.3, 0.4) is 0 Å². The van der Waals surface area contributed by atoms with Crippen LogP contribution < -0.4 is 0 Å². The minimum atomic E-state index is -1.22. The summed E-state index contributed by atoms with van der Waals surface area (Å²) in [5.74, 6) is 0. The van der Waals surface area contributed by atoms with Gasteiger partial charge in [-0.2, -0.15) is 0 Å². The normalized spacial score (nSPS) is 18.6. The molecule has 0 spiro atoms. The van der Waals surface area contributed by atoms with Crippen molar-refractivity contribution in [2.24, 2.45) is 0 Å². The fourth-order valence-electron chi connectivity index (χ4n) is 3.05. The molecule has 17 heavy (non-hydrogen) atoms. The van der Waals surface area contributed by atoms with Gasteiger partial charge in [-0.05, 0) is 0 Å². The average Bonchev–Trinajstić information content (AvgIpc) is 2.65. The zero-order valence-corrected chi connectivity index (χ0v) is 13.5. The molecular formula is C16H17Sn. The van der Waals surface area contributed by atoms with E-state index in [1.54, 1.807) is 11.1 Å². The maximum atomic E-state index is 2.51. The molecule has 1 radical (unpaired) electrons. The molecule has 0 saturated carbocycles. The van der Waals surface area contributed by atoms with Crippen molar-refractivity contribution >= 4 is 36.6 Å². The van der Waals surface area contributed by atoms with Crippen molar-refractivity contribution in [1.29, 1.82) is 0 Å². The summed E-state index contributed by atoms with van der Waals surface area (Å²) in [6.45, 7) is 2.31. The Balaban J connectivity index is 2.30. The van der Waals surface area contributed by atoms with Gasteiger partial charge < -0.3 is 0 Å². The fourth-order valence-corrected chi connectivity index (χ4v) is 8.38. The van der Waals surface area contributed by atoms with Crippen molar-refractivity contribution < 1.29 is 0 Å². The van der Waals surface area contributed by atoms with Crippen LogP contribution in [0, 0.1) is 0 Å². The summed E-state index contributed by atoms with van der Waals surface area (Å²) in [7, 11) is 0. The Morgan fingerprint density at radius 2 is 1.76 bits per heavy atom. The molecule has 2 aromatic carbocycles. The van der Waals surface area contributed by atoms with Gasteiger partial charge in [0.1, 0.15) is 0 Å². The van der Waals surface area contributed by atoms with Gasteiger partial charge in [-0.1, -0.05) is 0 Å². The van der Waals surface area contributed by atoms with Crippen LogP contribution in [0.25, 0.3) is 16.8 Å². The van der Waals surface area contributed by atoms with Gasteiger partial charge >= 0.3 is 110 Å². The van der Waals surface area contributed by atoms with Crippen molar-refractivity contribution in [2.45, 2.75) is 20.7 Å². The number of allylic oxidation sites excluding steroid dienone is 1. The molecule has 0 heterocycles. The number of hydrogen-bond acceptors (Lipinski definition) is 0. The number of fused-ring (bicyclic) bond motifs is 3. The monoisotopic (exact) mass is 329 g/mol. The minimum absolute atomic E-state index is 0.803. The fraction of sp³-hybridized carbons (Fsp3) is 0.250. The van der Waals surface area contributed by atoms with Gasteiger partial charge in [-0.25, -0.2) is 0 Å². The predicted octanol–water partition coefficient (Wildman–Crippen LogP) is 4.63. The van der Waals surface area contributed by atoms with E-state index in [1.165, 1.54) is 16.3 Å². The van der Waals surface area contributed by atoms with Crippen LogP contribution in [0.1, 0.15) is 22.0 Å². The van der Waals surface area contributed by atoms with Gasteiger partial charge in [-0.15, -0.1) is 0 Å². The van der Waals surface area contributed by atoms with Crippen LogP contribution in [0.15, 0.2) is 42.0 Å². The zero-order valence-electron chi connectivity index (χ0n) is 10.6. The predicted molar refractivity (Wildman–Crippen MR) is 77.8 cm³/mol. The van der Waals surface area contributed by atoms with E-state index in [9.17, 15) is 0 Å². The number of benzene rings is 2.